The monoisotopic (exact) mass is 501 g/mol. The molecule has 0 aliphatic carbocycles. The Morgan fingerprint density at radius 2 is 1.86 bits per heavy atom. The van der Waals surface area contributed by atoms with Crippen LogP contribution < -0.4 is 10.4 Å². The Labute approximate surface area is 211 Å². The van der Waals surface area contributed by atoms with Crippen LogP contribution in [0.25, 0.3) is 10.9 Å². The van der Waals surface area contributed by atoms with Crippen molar-refractivity contribution in [2.24, 2.45) is 0 Å². The third-order valence-electron chi connectivity index (χ3n) is 5.92. The zero-order valence-electron chi connectivity index (χ0n) is 21.4. The van der Waals surface area contributed by atoms with Crippen LogP contribution in [-0.2, 0) is 20.4 Å². The van der Waals surface area contributed by atoms with Gasteiger partial charge in [-0.3, -0.25) is 10.0 Å². The molecule has 9 heteroatoms. The van der Waals surface area contributed by atoms with Gasteiger partial charge in [-0.15, -0.1) is 0 Å². The van der Waals surface area contributed by atoms with E-state index >= 15 is 0 Å². The van der Waals surface area contributed by atoms with Crippen molar-refractivity contribution in [3.8, 4) is 5.75 Å². The molecule has 0 saturated heterocycles. The van der Waals surface area contributed by atoms with Crippen LogP contribution in [-0.4, -0.2) is 38.7 Å². The summed E-state index contributed by atoms with van der Waals surface area (Å²) in [5, 5.41) is 10.5. The highest BCUT2D eigenvalue weighted by Crippen LogP contribution is 2.31. The topological polar surface area (TPSA) is 96.0 Å². The van der Waals surface area contributed by atoms with Gasteiger partial charge in [-0.2, -0.15) is 0 Å². The lowest BCUT2D eigenvalue weighted by atomic mass is 10.00. The van der Waals surface area contributed by atoms with Crippen molar-refractivity contribution in [2.75, 3.05) is 6.61 Å². The summed E-state index contributed by atoms with van der Waals surface area (Å²) < 4.78 is 13.2. The van der Waals surface area contributed by atoms with E-state index in [9.17, 15) is 10.0 Å². The van der Waals surface area contributed by atoms with Crippen molar-refractivity contribution in [1.82, 2.24) is 14.8 Å². The van der Waals surface area contributed by atoms with Crippen LogP contribution in [0.3, 0.4) is 0 Å². The van der Waals surface area contributed by atoms with Gasteiger partial charge < -0.3 is 14.6 Å². The van der Waals surface area contributed by atoms with E-state index in [0.29, 0.717) is 12.3 Å². The molecule has 35 heavy (non-hydrogen) atoms. The Hall–Kier alpha value is -2.56. The SMILES string of the molecule is Cc1cc(C)c(OOSN(Cc2ccc3[nH]ccc3c2)[C@H](COC(C)(C)C)C(=O)NO)c(C)c1C. The Morgan fingerprint density at radius 3 is 2.54 bits per heavy atom. The normalized spacial score (nSPS) is 12.8. The van der Waals surface area contributed by atoms with E-state index in [-0.39, 0.29) is 6.61 Å². The molecule has 0 spiro atoms. The standard InChI is InChI=1S/C26H35N3O5S/c1-16-12-17(2)24(19(4)18(16)3)33-34-35-29(23(25(30)28-31)15-32-26(5,6)7)14-20-8-9-22-21(13-20)10-11-27-22/h8-13,23,27,31H,14-15H2,1-7H3,(H,28,30)/t23-/m1/s1. The van der Waals surface area contributed by atoms with Gasteiger partial charge in [0.05, 0.1) is 12.2 Å². The van der Waals surface area contributed by atoms with Crippen molar-refractivity contribution in [3.63, 3.8) is 0 Å². The Bertz CT molecular complexity index is 1170. The maximum absolute atomic E-state index is 12.7. The van der Waals surface area contributed by atoms with E-state index in [1.165, 1.54) is 5.56 Å². The number of hydroxylamine groups is 1. The molecule has 0 fully saturated rings. The van der Waals surface area contributed by atoms with Gasteiger partial charge in [0.1, 0.15) is 18.3 Å². The van der Waals surface area contributed by atoms with Crippen LogP contribution in [0.4, 0.5) is 0 Å². The zero-order chi connectivity index (χ0) is 25.8. The number of rotatable bonds is 10. The van der Waals surface area contributed by atoms with E-state index in [0.717, 1.165) is 45.4 Å². The minimum absolute atomic E-state index is 0.0420. The fraction of sp³-hybridized carbons (Fsp3) is 0.423. The quantitative estimate of drug-likeness (QED) is 0.111. The molecule has 3 rings (SSSR count). The van der Waals surface area contributed by atoms with E-state index < -0.39 is 17.6 Å². The molecule has 1 aromatic heterocycles. The summed E-state index contributed by atoms with van der Waals surface area (Å²) in [6.07, 6.45) is 1.88. The van der Waals surface area contributed by atoms with Crippen LogP contribution >= 0.6 is 12.2 Å². The smallest absolute Gasteiger partial charge is 0.264 e. The molecule has 1 atom stereocenters. The molecule has 8 nitrogen and oxygen atoms in total. The number of fused-ring (bicyclic) bond motifs is 1. The van der Waals surface area contributed by atoms with Gasteiger partial charge in [0, 0.05) is 18.3 Å². The minimum Gasteiger partial charge on any atom is -0.374 e. The summed E-state index contributed by atoms with van der Waals surface area (Å²) in [7, 11) is 0. The first-order chi connectivity index (χ1) is 16.5. The summed E-state index contributed by atoms with van der Waals surface area (Å²) in [6.45, 7) is 14.2. The maximum atomic E-state index is 12.7. The summed E-state index contributed by atoms with van der Waals surface area (Å²) in [5.74, 6) is 0.0370. The van der Waals surface area contributed by atoms with Gasteiger partial charge in [-0.1, -0.05) is 16.5 Å². The number of aromatic nitrogens is 1. The first-order valence-corrected chi connectivity index (χ1v) is 12.2. The van der Waals surface area contributed by atoms with Crippen LogP contribution in [0.1, 0.15) is 48.6 Å². The van der Waals surface area contributed by atoms with Crippen molar-refractivity contribution >= 4 is 29.0 Å². The first-order valence-electron chi connectivity index (χ1n) is 11.5. The van der Waals surface area contributed by atoms with Crippen LogP contribution in [0.15, 0.2) is 36.5 Å². The number of nitrogens with one attached hydrogen (secondary N) is 2. The average molecular weight is 502 g/mol. The van der Waals surface area contributed by atoms with Gasteiger partial charge in [0.15, 0.2) is 5.75 Å². The Balaban J connectivity index is 1.84. The lowest BCUT2D eigenvalue weighted by Crippen LogP contribution is -2.47. The third kappa shape index (κ3) is 6.99. The number of aromatic amines is 1. The van der Waals surface area contributed by atoms with Gasteiger partial charge in [-0.25, -0.2) is 9.79 Å². The number of hydrogen-bond donors (Lipinski definition) is 3. The number of H-pyrrole nitrogens is 1. The van der Waals surface area contributed by atoms with Gasteiger partial charge in [0.2, 0.25) is 0 Å². The number of amides is 1. The summed E-state index contributed by atoms with van der Waals surface area (Å²) >= 11 is 0.900. The zero-order valence-corrected chi connectivity index (χ0v) is 22.2. The molecule has 0 bridgehead atoms. The van der Waals surface area contributed by atoms with Crippen molar-refractivity contribution in [1.29, 1.82) is 0 Å². The number of hydrogen-bond acceptors (Lipinski definition) is 7. The molecule has 0 unspecified atom stereocenters. The third-order valence-corrected chi connectivity index (χ3v) is 6.62. The van der Waals surface area contributed by atoms with Crippen LogP contribution in [0, 0.1) is 27.7 Å². The van der Waals surface area contributed by atoms with E-state index in [1.54, 1.807) is 9.79 Å². The summed E-state index contributed by atoms with van der Waals surface area (Å²) in [5.41, 5.74) is 7.53. The fourth-order valence-electron chi connectivity index (χ4n) is 3.74. The van der Waals surface area contributed by atoms with Crippen molar-refractivity contribution in [2.45, 2.75) is 66.7 Å². The first kappa shape index (κ1) is 27.0. The number of carbonyl (C=O) groups excluding carboxylic acids is 1. The number of aryl methyl sites for hydroxylation is 2. The van der Waals surface area contributed by atoms with Gasteiger partial charge >= 0.3 is 0 Å². The maximum Gasteiger partial charge on any atom is 0.264 e. The second-order valence-corrected chi connectivity index (χ2v) is 10.5. The predicted octanol–water partition coefficient (Wildman–Crippen LogP) is 5.47. The number of nitrogens with zero attached hydrogens (tertiary/aromatic N) is 1. The highest BCUT2D eigenvalue weighted by atomic mass is 32.2. The number of carbonyl (C=O) groups is 1. The van der Waals surface area contributed by atoms with Crippen LogP contribution in [0.5, 0.6) is 5.75 Å². The van der Waals surface area contributed by atoms with E-state index in [1.807, 2.05) is 72.0 Å². The molecule has 0 saturated carbocycles. The van der Waals surface area contributed by atoms with E-state index in [4.69, 9.17) is 14.0 Å². The number of benzene rings is 2. The molecule has 0 radical (unpaired) electrons. The number of ether oxygens (including phenoxy) is 1. The average Bonchev–Trinajstić information content (AvgIpc) is 3.26. The second-order valence-electron chi connectivity index (χ2n) is 9.71. The molecular formula is C26H35N3O5S. The predicted molar refractivity (Wildman–Crippen MR) is 138 cm³/mol. The molecule has 3 N–H and O–H groups in total. The lowest BCUT2D eigenvalue weighted by molar-refractivity contribution is -0.138. The fourth-order valence-corrected chi connectivity index (χ4v) is 4.38. The van der Waals surface area contributed by atoms with Crippen LogP contribution in [0.2, 0.25) is 0 Å². The molecular weight excluding hydrogens is 466 g/mol. The highest BCUT2D eigenvalue weighted by Gasteiger charge is 2.30. The van der Waals surface area contributed by atoms with E-state index in [2.05, 4.69) is 18.0 Å². The molecule has 3 aromatic rings. The van der Waals surface area contributed by atoms with Crippen molar-refractivity contribution < 1.29 is 24.0 Å². The van der Waals surface area contributed by atoms with Crippen molar-refractivity contribution in [3.05, 3.63) is 64.3 Å². The lowest BCUT2D eigenvalue weighted by Gasteiger charge is -2.30. The Kier molecular flexibility index (Phi) is 8.84. The second kappa shape index (κ2) is 11.5. The molecule has 0 aliphatic heterocycles. The molecule has 190 valence electrons. The highest BCUT2D eigenvalue weighted by molar-refractivity contribution is 7.92. The minimum atomic E-state index is -0.850. The van der Waals surface area contributed by atoms with Gasteiger partial charge in [-0.05, 0) is 99.9 Å². The molecule has 0 aliphatic rings. The molecule has 1 amide bonds. The summed E-state index contributed by atoms with van der Waals surface area (Å²) in [6, 6.07) is 9.19. The largest absolute Gasteiger partial charge is 0.374 e. The molecule has 2 aromatic carbocycles. The Morgan fingerprint density at radius 1 is 1.11 bits per heavy atom. The van der Waals surface area contributed by atoms with Gasteiger partial charge in [0.25, 0.3) is 5.91 Å². The molecule has 1 heterocycles. The summed E-state index contributed by atoms with van der Waals surface area (Å²) in [4.78, 5) is 21.6.